The summed E-state index contributed by atoms with van der Waals surface area (Å²) in [6.07, 6.45) is 1.78. The molecule has 0 aromatic heterocycles. The third-order valence-corrected chi connectivity index (χ3v) is 6.38. The fourth-order valence-electron chi connectivity index (χ4n) is 3.56. The molecule has 11 nitrogen and oxygen atoms in total. The molecule has 0 aliphatic heterocycles. The van der Waals surface area contributed by atoms with Gasteiger partial charge in [-0.25, -0.2) is 4.79 Å². The third kappa shape index (κ3) is 15.9. The van der Waals surface area contributed by atoms with Gasteiger partial charge in [0.25, 0.3) is 10.2 Å². The smallest absolute Gasteiger partial charge is 0.480 e. The van der Waals surface area contributed by atoms with Crippen molar-refractivity contribution < 1.29 is 46.2 Å². The number of halogens is 3. The number of rotatable bonds is 12. The van der Waals surface area contributed by atoms with Crippen LogP contribution in [0.1, 0.15) is 78.6 Å². The molecule has 36 heavy (non-hydrogen) atoms. The Bertz CT molecular complexity index is 811. The van der Waals surface area contributed by atoms with Crippen molar-refractivity contribution in [1.82, 2.24) is 14.8 Å². The van der Waals surface area contributed by atoms with Gasteiger partial charge in [-0.2, -0.15) is 31.0 Å². The SMILES string of the molecule is CC(C)(C)NC(=O)[C@H](CC1CCCCC1)NS(=O)(=O)N[C@@H](CCCCN)C(=O)O.O=C(O)C(F)(F)F. The Morgan fingerprint density at radius 3 is 1.89 bits per heavy atom. The summed E-state index contributed by atoms with van der Waals surface area (Å²) in [4.78, 5) is 33.1. The number of carboxylic acids is 2. The Labute approximate surface area is 209 Å². The lowest BCUT2D eigenvalue weighted by molar-refractivity contribution is -0.192. The van der Waals surface area contributed by atoms with Gasteiger partial charge in [-0.05, 0) is 52.5 Å². The Morgan fingerprint density at radius 1 is 0.972 bits per heavy atom. The fourth-order valence-corrected chi connectivity index (χ4v) is 4.79. The lowest BCUT2D eigenvalue weighted by Gasteiger charge is -2.29. The van der Waals surface area contributed by atoms with Crippen LogP contribution in [0.25, 0.3) is 0 Å². The van der Waals surface area contributed by atoms with Gasteiger partial charge in [0.15, 0.2) is 0 Å². The molecule has 212 valence electrons. The van der Waals surface area contributed by atoms with E-state index in [0.717, 1.165) is 32.1 Å². The molecule has 1 saturated carbocycles. The molecule has 0 heterocycles. The second kappa shape index (κ2) is 15.3. The Morgan fingerprint density at radius 2 is 1.47 bits per heavy atom. The largest absolute Gasteiger partial charge is 0.490 e. The van der Waals surface area contributed by atoms with E-state index in [1.165, 1.54) is 0 Å². The summed E-state index contributed by atoms with van der Waals surface area (Å²) < 4.78 is 61.5. The second-order valence-electron chi connectivity index (χ2n) is 9.75. The zero-order valence-corrected chi connectivity index (χ0v) is 21.7. The molecule has 1 fully saturated rings. The van der Waals surface area contributed by atoms with E-state index >= 15 is 0 Å². The molecule has 0 bridgehead atoms. The number of unbranched alkanes of at least 4 members (excludes halogenated alkanes) is 1. The van der Waals surface area contributed by atoms with Gasteiger partial charge in [-0.15, -0.1) is 0 Å². The topological polar surface area (TPSA) is 188 Å². The van der Waals surface area contributed by atoms with Crippen LogP contribution >= 0.6 is 0 Å². The number of carbonyl (C=O) groups excluding carboxylic acids is 1. The zero-order chi connectivity index (χ0) is 28.2. The van der Waals surface area contributed by atoms with Gasteiger partial charge < -0.3 is 21.3 Å². The van der Waals surface area contributed by atoms with Crippen molar-refractivity contribution in [2.75, 3.05) is 6.54 Å². The average Bonchev–Trinajstić information content (AvgIpc) is 2.71. The van der Waals surface area contributed by atoms with Crippen molar-refractivity contribution in [3.05, 3.63) is 0 Å². The molecule has 15 heteroatoms. The molecule has 0 spiro atoms. The molecule has 1 aliphatic carbocycles. The van der Waals surface area contributed by atoms with E-state index in [4.69, 9.17) is 15.6 Å². The molecule has 0 saturated heterocycles. The number of carbonyl (C=O) groups is 3. The van der Waals surface area contributed by atoms with Crippen molar-refractivity contribution in [2.45, 2.75) is 102 Å². The number of alkyl halides is 3. The van der Waals surface area contributed by atoms with Crippen LogP contribution in [0.5, 0.6) is 0 Å². The van der Waals surface area contributed by atoms with Crippen molar-refractivity contribution in [1.29, 1.82) is 0 Å². The van der Waals surface area contributed by atoms with Gasteiger partial charge in [-0.1, -0.05) is 38.5 Å². The van der Waals surface area contributed by atoms with Gasteiger partial charge in [0, 0.05) is 5.54 Å². The molecule has 1 rings (SSSR count). The highest BCUT2D eigenvalue weighted by molar-refractivity contribution is 7.87. The highest BCUT2D eigenvalue weighted by Gasteiger charge is 2.38. The molecule has 0 aromatic rings. The first-order valence-electron chi connectivity index (χ1n) is 11.7. The molecule has 2 atom stereocenters. The molecule has 7 N–H and O–H groups in total. The molecule has 0 radical (unpaired) electrons. The highest BCUT2D eigenvalue weighted by atomic mass is 32.2. The predicted molar refractivity (Wildman–Crippen MR) is 126 cm³/mol. The maximum atomic E-state index is 12.7. The Kier molecular flexibility index (Phi) is 14.5. The van der Waals surface area contributed by atoms with Gasteiger partial charge in [0.2, 0.25) is 5.91 Å². The van der Waals surface area contributed by atoms with Gasteiger partial charge in [0.05, 0.1) is 0 Å². The number of amides is 1. The van der Waals surface area contributed by atoms with E-state index in [1.54, 1.807) is 0 Å². The van der Waals surface area contributed by atoms with Crippen molar-refractivity contribution in [2.24, 2.45) is 11.7 Å². The maximum Gasteiger partial charge on any atom is 0.490 e. The highest BCUT2D eigenvalue weighted by Crippen LogP contribution is 2.27. The Hall–Kier alpha value is -1.97. The summed E-state index contributed by atoms with van der Waals surface area (Å²) >= 11 is 0. The summed E-state index contributed by atoms with van der Waals surface area (Å²) in [5, 5.41) is 19.3. The molecular weight excluding hydrogens is 509 g/mol. The Balaban J connectivity index is 0.00000152. The molecule has 0 aromatic carbocycles. The van der Waals surface area contributed by atoms with E-state index in [9.17, 15) is 36.3 Å². The summed E-state index contributed by atoms with van der Waals surface area (Å²) in [5.74, 6) is -4.15. The van der Waals surface area contributed by atoms with Crippen LogP contribution in [0.15, 0.2) is 0 Å². The van der Waals surface area contributed by atoms with E-state index < -0.39 is 51.9 Å². The monoisotopic (exact) mass is 548 g/mol. The summed E-state index contributed by atoms with van der Waals surface area (Å²) in [5.41, 5.74) is 4.91. The quantitative estimate of drug-likeness (QED) is 0.199. The lowest BCUT2D eigenvalue weighted by atomic mass is 9.84. The first-order chi connectivity index (χ1) is 16.4. The number of hydrogen-bond acceptors (Lipinski definition) is 6. The first kappa shape index (κ1) is 34.0. The molecule has 0 unspecified atom stereocenters. The second-order valence-corrected chi connectivity index (χ2v) is 11.2. The van der Waals surface area contributed by atoms with Crippen LogP contribution in [0.2, 0.25) is 0 Å². The standard InChI is InChI=1S/C19H38N4O5S.C2HF3O2/c1-19(2,3)21-17(24)16(13-14-9-5-4-6-10-14)23-29(27,28)22-15(18(25)26)11-7-8-12-20;3-2(4,5)1(6)7/h14-16,22-23H,4-13,20H2,1-3H3,(H,21,24)(H,25,26);(H,6,7)/t15-,16-;/m0./s1. The summed E-state index contributed by atoms with van der Waals surface area (Å²) in [6.45, 7) is 5.89. The van der Waals surface area contributed by atoms with E-state index in [1.807, 2.05) is 20.8 Å². The third-order valence-electron chi connectivity index (χ3n) is 5.19. The summed E-state index contributed by atoms with van der Waals surface area (Å²) in [7, 11) is -4.19. The van der Waals surface area contributed by atoms with Crippen LogP contribution in [-0.2, 0) is 24.6 Å². The summed E-state index contributed by atoms with van der Waals surface area (Å²) in [6, 6.07) is -2.21. The number of nitrogens with one attached hydrogen (secondary N) is 3. The van der Waals surface area contributed by atoms with Crippen LogP contribution in [0.3, 0.4) is 0 Å². The van der Waals surface area contributed by atoms with Gasteiger partial charge in [0.1, 0.15) is 12.1 Å². The van der Waals surface area contributed by atoms with Gasteiger partial charge in [-0.3, -0.25) is 9.59 Å². The zero-order valence-electron chi connectivity index (χ0n) is 20.9. The van der Waals surface area contributed by atoms with Crippen LogP contribution < -0.4 is 20.5 Å². The van der Waals surface area contributed by atoms with Gasteiger partial charge >= 0.3 is 18.1 Å². The number of aliphatic carboxylic acids is 2. The average molecular weight is 549 g/mol. The van der Waals surface area contributed by atoms with Crippen LogP contribution in [-0.4, -0.2) is 66.8 Å². The molecule has 1 amide bonds. The minimum atomic E-state index is -5.08. The lowest BCUT2D eigenvalue weighted by Crippen LogP contribution is -2.56. The maximum absolute atomic E-state index is 12.7. The molecular formula is C21H39F3N4O7S. The first-order valence-corrected chi connectivity index (χ1v) is 13.2. The predicted octanol–water partition coefficient (Wildman–Crippen LogP) is 1.88. The van der Waals surface area contributed by atoms with E-state index in [0.29, 0.717) is 25.8 Å². The van der Waals surface area contributed by atoms with Crippen molar-refractivity contribution >= 4 is 28.1 Å². The van der Waals surface area contributed by atoms with E-state index in [2.05, 4.69) is 14.8 Å². The minimum absolute atomic E-state index is 0.134. The number of hydrogen-bond donors (Lipinski definition) is 6. The van der Waals surface area contributed by atoms with Crippen molar-refractivity contribution in [3.63, 3.8) is 0 Å². The van der Waals surface area contributed by atoms with Crippen molar-refractivity contribution in [3.8, 4) is 0 Å². The number of carboxylic acid groups (broad SMARTS) is 2. The fraction of sp³-hybridized carbons (Fsp3) is 0.857. The van der Waals surface area contributed by atoms with Crippen LogP contribution in [0.4, 0.5) is 13.2 Å². The molecule has 1 aliphatic rings. The van der Waals surface area contributed by atoms with E-state index in [-0.39, 0.29) is 12.3 Å². The normalized spacial score (nSPS) is 16.9. The number of nitrogens with two attached hydrogens (primary N) is 1. The van der Waals surface area contributed by atoms with Crippen LogP contribution in [0, 0.1) is 5.92 Å². The minimum Gasteiger partial charge on any atom is -0.480 e.